The van der Waals surface area contributed by atoms with Gasteiger partial charge in [0.05, 0.1) is 16.0 Å². The first kappa shape index (κ1) is 15.7. The molecule has 26 heavy (non-hydrogen) atoms. The number of aryl methyl sites for hydroxylation is 1. The molecule has 0 bridgehead atoms. The average Bonchev–Trinajstić information content (AvgIpc) is 3.22. The lowest BCUT2D eigenvalue weighted by Crippen LogP contribution is -2.17. The topological polar surface area (TPSA) is 144 Å². The first-order valence-electron chi connectivity index (χ1n) is 7.85. The SMILES string of the molecule is CCCc1nccn1-c1cc2c(cc1[N+](=O)[O-])[nH]c(=O)c1n[nH]c(=O)n12. The zero-order chi connectivity index (χ0) is 18.4. The van der Waals surface area contributed by atoms with Crippen molar-refractivity contribution in [1.82, 2.24) is 29.1 Å². The van der Waals surface area contributed by atoms with E-state index in [4.69, 9.17) is 0 Å². The fraction of sp³-hybridized carbons (Fsp3) is 0.200. The van der Waals surface area contributed by atoms with Gasteiger partial charge in [-0.15, -0.1) is 5.10 Å². The molecule has 3 aromatic heterocycles. The summed E-state index contributed by atoms with van der Waals surface area (Å²) in [6.45, 7) is 1.98. The Morgan fingerprint density at radius 1 is 1.31 bits per heavy atom. The number of imidazole rings is 1. The first-order chi connectivity index (χ1) is 12.5. The Balaban J connectivity index is 2.15. The Morgan fingerprint density at radius 2 is 2.12 bits per heavy atom. The third-order valence-electron chi connectivity index (χ3n) is 4.10. The Labute approximate surface area is 144 Å². The number of rotatable bonds is 4. The summed E-state index contributed by atoms with van der Waals surface area (Å²) < 4.78 is 2.71. The third kappa shape index (κ3) is 2.21. The number of H-pyrrole nitrogens is 2. The highest BCUT2D eigenvalue weighted by Gasteiger charge is 2.21. The van der Waals surface area contributed by atoms with Crippen LogP contribution in [0.4, 0.5) is 5.69 Å². The van der Waals surface area contributed by atoms with Crippen molar-refractivity contribution in [2.24, 2.45) is 0 Å². The number of aromatic amines is 2. The number of hydrogen-bond donors (Lipinski definition) is 2. The predicted molar refractivity (Wildman–Crippen MR) is 91.7 cm³/mol. The molecule has 0 saturated carbocycles. The monoisotopic (exact) mass is 355 g/mol. The fourth-order valence-electron chi connectivity index (χ4n) is 3.00. The smallest absolute Gasteiger partial charge is 0.317 e. The molecule has 0 amide bonds. The highest BCUT2D eigenvalue weighted by Crippen LogP contribution is 2.28. The van der Waals surface area contributed by atoms with Crippen LogP contribution in [0.25, 0.3) is 22.4 Å². The number of aromatic nitrogens is 6. The minimum atomic E-state index is -0.618. The zero-order valence-corrected chi connectivity index (χ0v) is 13.6. The van der Waals surface area contributed by atoms with Crippen LogP contribution in [0.15, 0.2) is 34.1 Å². The standard InChI is InChI=1S/C15H13N7O4/c1-2-3-12-16-4-5-20(12)10-7-9-8(6-11(10)22(25)26)17-14(23)13-18-19-15(24)21(9)13/h4-7H,2-3H2,1H3,(H,17,23)(H,19,24). The van der Waals surface area contributed by atoms with Gasteiger partial charge in [-0.25, -0.2) is 19.3 Å². The van der Waals surface area contributed by atoms with Crippen LogP contribution in [0.1, 0.15) is 19.2 Å². The number of benzene rings is 1. The molecule has 0 spiro atoms. The van der Waals surface area contributed by atoms with Crippen molar-refractivity contribution in [2.75, 3.05) is 0 Å². The quantitative estimate of drug-likeness (QED) is 0.411. The highest BCUT2D eigenvalue weighted by atomic mass is 16.6. The summed E-state index contributed by atoms with van der Waals surface area (Å²) in [6, 6.07) is 2.72. The molecule has 11 nitrogen and oxygen atoms in total. The summed E-state index contributed by atoms with van der Waals surface area (Å²) in [5, 5.41) is 17.5. The van der Waals surface area contributed by atoms with E-state index in [0.717, 1.165) is 10.8 Å². The van der Waals surface area contributed by atoms with Gasteiger partial charge < -0.3 is 4.98 Å². The van der Waals surface area contributed by atoms with Gasteiger partial charge in [-0.05, 0) is 12.5 Å². The Kier molecular flexibility index (Phi) is 3.42. The minimum absolute atomic E-state index is 0.110. The van der Waals surface area contributed by atoms with E-state index in [2.05, 4.69) is 20.2 Å². The van der Waals surface area contributed by atoms with Crippen molar-refractivity contribution in [3.63, 3.8) is 0 Å². The first-order valence-corrected chi connectivity index (χ1v) is 7.85. The van der Waals surface area contributed by atoms with E-state index in [1.807, 2.05) is 6.92 Å². The summed E-state index contributed by atoms with van der Waals surface area (Å²) in [4.78, 5) is 41.9. The van der Waals surface area contributed by atoms with Crippen LogP contribution < -0.4 is 11.2 Å². The molecule has 0 aliphatic rings. The molecule has 0 fully saturated rings. The van der Waals surface area contributed by atoms with E-state index < -0.39 is 16.2 Å². The molecule has 3 heterocycles. The molecule has 4 rings (SSSR count). The number of hydrogen-bond acceptors (Lipinski definition) is 6. The fourth-order valence-corrected chi connectivity index (χ4v) is 3.00. The molecule has 4 aromatic rings. The van der Waals surface area contributed by atoms with Gasteiger partial charge in [-0.3, -0.25) is 19.5 Å². The molecule has 1 aromatic carbocycles. The lowest BCUT2D eigenvalue weighted by molar-refractivity contribution is -0.384. The molecule has 0 radical (unpaired) electrons. The van der Waals surface area contributed by atoms with Gasteiger partial charge in [0, 0.05) is 24.9 Å². The van der Waals surface area contributed by atoms with Gasteiger partial charge >= 0.3 is 5.69 Å². The zero-order valence-electron chi connectivity index (χ0n) is 13.6. The second kappa shape index (κ2) is 5.65. The molecule has 11 heteroatoms. The number of nitrogens with zero attached hydrogens (tertiary/aromatic N) is 5. The van der Waals surface area contributed by atoms with Crippen molar-refractivity contribution < 1.29 is 4.92 Å². The minimum Gasteiger partial charge on any atom is -0.317 e. The lowest BCUT2D eigenvalue weighted by Gasteiger charge is -2.10. The summed E-state index contributed by atoms with van der Waals surface area (Å²) in [5.41, 5.74) is -0.817. The third-order valence-corrected chi connectivity index (χ3v) is 4.10. The van der Waals surface area contributed by atoms with Gasteiger partial charge in [-0.1, -0.05) is 6.92 Å². The molecular formula is C15H13N7O4. The largest absolute Gasteiger partial charge is 0.348 e. The number of fused-ring (bicyclic) bond motifs is 3. The van der Waals surface area contributed by atoms with Crippen molar-refractivity contribution >= 4 is 22.4 Å². The maximum absolute atomic E-state index is 12.1. The average molecular weight is 355 g/mol. The summed E-state index contributed by atoms with van der Waals surface area (Å²) in [5.74, 6) is 0.662. The molecular weight excluding hydrogens is 342 g/mol. The van der Waals surface area contributed by atoms with Crippen molar-refractivity contribution in [3.8, 4) is 5.69 Å². The van der Waals surface area contributed by atoms with Crippen LogP contribution in [-0.2, 0) is 6.42 Å². The van der Waals surface area contributed by atoms with E-state index in [0.29, 0.717) is 17.8 Å². The van der Waals surface area contributed by atoms with E-state index in [9.17, 15) is 19.7 Å². The van der Waals surface area contributed by atoms with Gasteiger partial charge in [-0.2, -0.15) is 0 Å². The van der Waals surface area contributed by atoms with E-state index >= 15 is 0 Å². The second-order valence-electron chi connectivity index (χ2n) is 5.72. The Morgan fingerprint density at radius 3 is 2.85 bits per heavy atom. The van der Waals surface area contributed by atoms with Gasteiger partial charge in [0.15, 0.2) is 0 Å². The van der Waals surface area contributed by atoms with Crippen molar-refractivity contribution in [3.05, 3.63) is 61.3 Å². The van der Waals surface area contributed by atoms with Crippen LogP contribution in [0.3, 0.4) is 0 Å². The molecule has 0 aliphatic carbocycles. The normalized spacial score (nSPS) is 11.4. The van der Waals surface area contributed by atoms with Crippen LogP contribution in [0.2, 0.25) is 0 Å². The molecule has 0 atom stereocenters. The van der Waals surface area contributed by atoms with Crippen LogP contribution in [0.5, 0.6) is 0 Å². The molecule has 0 saturated heterocycles. The number of nitro groups is 1. The predicted octanol–water partition coefficient (Wildman–Crippen LogP) is 0.910. The second-order valence-corrected chi connectivity index (χ2v) is 5.72. The Hall–Kier alpha value is -3.76. The van der Waals surface area contributed by atoms with Gasteiger partial charge in [0.1, 0.15) is 11.5 Å². The van der Waals surface area contributed by atoms with Gasteiger partial charge in [0.25, 0.3) is 11.2 Å². The van der Waals surface area contributed by atoms with Gasteiger partial charge in [0.2, 0.25) is 5.65 Å². The number of nitrogens with one attached hydrogen (secondary N) is 2. The molecule has 132 valence electrons. The van der Waals surface area contributed by atoms with Crippen molar-refractivity contribution in [2.45, 2.75) is 19.8 Å². The van der Waals surface area contributed by atoms with Crippen LogP contribution in [0, 0.1) is 10.1 Å². The maximum atomic E-state index is 12.1. The Bertz CT molecular complexity index is 1280. The highest BCUT2D eigenvalue weighted by molar-refractivity contribution is 5.83. The van der Waals surface area contributed by atoms with E-state index in [-0.39, 0.29) is 22.5 Å². The summed E-state index contributed by atoms with van der Waals surface area (Å²) in [7, 11) is 0. The maximum Gasteiger partial charge on any atom is 0.348 e. The lowest BCUT2D eigenvalue weighted by atomic mass is 10.2. The van der Waals surface area contributed by atoms with Crippen molar-refractivity contribution in [1.29, 1.82) is 0 Å². The molecule has 0 unspecified atom stereocenters. The van der Waals surface area contributed by atoms with E-state index in [1.165, 1.54) is 12.1 Å². The summed E-state index contributed by atoms with van der Waals surface area (Å²) >= 11 is 0. The molecule has 2 N–H and O–H groups in total. The van der Waals surface area contributed by atoms with Crippen LogP contribution >= 0.6 is 0 Å². The molecule has 0 aliphatic heterocycles. The van der Waals surface area contributed by atoms with Crippen LogP contribution in [-0.4, -0.2) is 34.1 Å². The van der Waals surface area contributed by atoms with E-state index in [1.54, 1.807) is 17.0 Å². The number of nitro benzene ring substituents is 1. The summed E-state index contributed by atoms with van der Waals surface area (Å²) in [6.07, 6.45) is 4.64.